The van der Waals surface area contributed by atoms with Gasteiger partial charge in [-0.1, -0.05) is 19.1 Å². The standard InChI is InChI=1S/C18H25FN2O2/c1-3-6-16(22)21-10-5-9-18(2,13-21)17(23)20-12-14-7-4-8-15(19)11-14/h4,7-8,11H,3,5-6,9-10,12-13H2,1-2H3,(H,20,23). The fourth-order valence-corrected chi connectivity index (χ4v) is 3.05. The molecule has 0 spiro atoms. The fraction of sp³-hybridized carbons (Fsp3) is 0.556. The van der Waals surface area contributed by atoms with Crippen molar-refractivity contribution in [2.75, 3.05) is 13.1 Å². The summed E-state index contributed by atoms with van der Waals surface area (Å²) in [5, 5.41) is 2.88. The number of halogens is 1. The van der Waals surface area contributed by atoms with Gasteiger partial charge >= 0.3 is 0 Å². The first-order chi connectivity index (χ1) is 10.9. The van der Waals surface area contributed by atoms with Crippen LogP contribution in [0.2, 0.25) is 0 Å². The third-order valence-electron chi connectivity index (χ3n) is 4.40. The summed E-state index contributed by atoms with van der Waals surface area (Å²) in [5.74, 6) is -0.260. The van der Waals surface area contributed by atoms with Gasteiger partial charge in [0.05, 0.1) is 5.41 Å². The molecule has 1 saturated heterocycles. The van der Waals surface area contributed by atoms with E-state index in [1.165, 1.54) is 12.1 Å². The van der Waals surface area contributed by atoms with Crippen molar-refractivity contribution in [1.29, 1.82) is 0 Å². The molecule has 1 atom stereocenters. The van der Waals surface area contributed by atoms with Crippen LogP contribution >= 0.6 is 0 Å². The van der Waals surface area contributed by atoms with E-state index in [1.807, 2.05) is 13.8 Å². The molecule has 4 nitrogen and oxygen atoms in total. The van der Waals surface area contributed by atoms with Gasteiger partial charge in [0.25, 0.3) is 0 Å². The Kier molecular flexibility index (Phi) is 5.74. The third-order valence-corrected chi connectivity index (χ3v) is 4.40. The Labute approximate surface area is 137 Å². The van der Waals surface area contributed by atoms with E-state index in [-0.39, 0.29) is 17.6 Å². The lowest BCUT2D eigenvalue weighted by Crippen LogP contribution is -2.51. The molecular formula is C18H25FN2O2. The minimum Gasteiger partial charge on any atom is -0.351 e. The number of nitrogens with one attached hydrogen (secondary N) is 1. The number of carbonyl (C=O) groups is 2. The molecule has 0 aromatic heterocycles. The zero-order valence-corrected chi connectivity index (χ0v) is 13.9. The Hall–Kier alpha value is -1.91. The minimum absolute atomic E-state index is 0.0734. The monoisotopic (exact) mass is 320 g/mol. The Morgan fingerprint density at radius 1 is 1.39 bits per heavy atom. The first-order valence-electron chi connectivity index (χ1n) is 8.25. The smallest absolute Gasteiger partial charge is 0.227 e. The molecular weight excluding hydrogens is 295 g/mol. The lowest BCUT2D eigenvalue weighted by atomic mass is 9.80. The Morgan fingerprint density at radius 2 is 2.17 bits per heavy atom. The number of likely N-dealkylation sites (tertiary alicyclic amines) is 1. The molecule has 1 aliphatic rings. The summed E-state index contributed by atoms with van der Waals surface area (Å²) in [6, 6.07) is 6.21. The molecule has 1 aromatic carbocycles. The second kappa shape index (κ2) is 7.57. The van der Waals surface area contributed by atoms with Crippen LogP contribution in [0, 0.1) is 11.2 Å². The van der Waals surface area contributed by atoms with Crippen molar-refractivity contribution >= 4 is 11.8 Å². The number of amides is 2. The summed E-state index contributed by atoms with van der Waals surface area (Å²) in [6.07, 6.45) is 2.94. The Bertz CT molecular complexity index is 576. The second-order valence-corrected chi connectivity index (χ2v) is 6.54. The van der Waals surface area contributed by atoms with E-state index in [4.69, 9.17) is 0 Å². The molecule has 0 bridgehead atoms. The van der Waals surface area contributed by atoms with Gasteiger partial charge in [0, 0.05) is 26.1 Å². The number of rotatable bonds is 5. The molecule has 1 aromatic rings. The van der Waals surface area contributed by atoms with Crippen molar-refractivity contribution in [2.24, 2.45) is 5.41 Å². The van der Waals surface area contributed by atoms with Crippen LogP contribution in [0.25, 0.3) is 0 Å². The predicted molar refractivity (Wildman–Crippen MR) is 87.1 cm³/mol. The van der Waals surface area contributed by atoms with Crippen molar-refractivity contribution in [2.45, 2.75) is 46.1 Å². The topological polar surface area (TPSA) is 49.4 Å². The lowest BCUT2D eigenvalue weighted by molar-refractivity contribution is -0.140. The van der Waals surface area contributed by atoms with Gasteiger partial charge in [-0.15, -0.1) is 0 Å². The van der Waals surface area contributed by atoms with Crippen LogP contribution in [0.5, 0.6) is 0 Å². The molecule has 2 amide bonds. The summed E-state index contributed by atoms with van der Waals surface area (Å²) in [7, 11) is 0. The van der Waals surface area contributed by atoms with Gasteiger partial charge in [0.2, 0.25) is 11.8 Å². The summed E-state index contributed by atoms with van der Waals surface area (Å²) in [5.41, 5.74) is 0.159. The third kappa shape index (κ3) is 4.53. The number of benzene rings is 1. The number of hydrogen-bond donors (Lipinski definition) is 1. The van der Waals surface area contributed by atoms with E-state index in [2.05, 4.69) is 5.32 Å². The Balaban J connectivity index is 1.95. The highest BCUT2D eigenvalue weighted by atomic mass is 19.1. The molecule has 0 radical (unpaired) electrons. The second-order valence-electron chi connectivity index (χ2n) is 6.54. The number of carbonyl (C=O) groups excluding carboxylic acids is 2. The minimum atomic E-state index is -0.574. The molecule has 23 heavy (non-hydrogen) atoms. The first kappa shape index (κ1) is 17.4. The van der Waals surface area contributed by atoms with Crippen molar-refractivity contribution in [1.82, 2.24) is 10.2 Å². The van der Waals surface area contributed by atoms with Crippen LogP contribution in [-0.4, -0.2) is 29.8 Å². The van der Waals surface area contributed by atoms with E-state index >= 15 is 0 Å². The highest BCUT2D eigenvalue weighted by Gasteiger charge is 2.38. The van der Waals surface area contributed by atoms with Gasteiger partial charge in [0.15, 0.2) is 0 Å². The maximum absolute atomic E-state index is 13.2. The molecule has 1 aliphatic heterocycles. The number of hydrogen-bond acceptors (Lipinski definition) is 2. The zero-order chi connectivity index (χ0) is 16.9. The molecule has 1 unspecified atom stereocenters. The highest BCUT2D eigenvalue weighted by molar-refractivity contribution is 5.84. The zero-order valence-electron chi connectivity index (χ0n) is 13.9. The molecule has 1 N–H and O–H groups in total. The van der Waals surface area contributed by atoms with Crippen molar-refractivity contribution in [3.63, 3.8) is 0 Å². The van der Waals surface area contributed by atoms with Gasteiger partial charge in [-0.25, -0.2) is 4.39 Å². The molecule has 5 heteroatoms. The van der Waals surface area contributed by atoms with E-state index in [9.17, 15) is 14.0 Å². The van der Waals surface area contributed by atoms with Gasteiger partial charge in [-0.2, -0.15) is 0 Å². The molecule has 126 valence electrons. The highest BCUT2D eigenvalue weighted by Crippen LogP contribution is 2.30. The Morgan fingerprint density at radius 3 is 2.87 bits per heavy atom. The van der Waals surface area contributed by atoms with Crippen LogP contribution < -0.4 is 5.32 Å². The summed E-state index contributed by atoms with van der Waals surface area (Å²) < 4.78 is 13.2. The van der Waals surface area contributed by atoms with Crippen molar-refractivity contribution in [3.8, 4) is 0 Å². The van der Waals surface area contributed by atoms with Crippen molar-refractivity contribution < 1.29 is 14.0 Å². The SMILES string of the molecule is CCCC(=O)N1CCCC(C)(C(=O)NCc2cccc(F)c2)C1. The van der Waals surface area contributed by atoms with Crippen LogP contribution in [-0.2, 0) is 16.1 Å². The summed E-state index contributed by atoms with van der Waals surface area (Å²) >= 11 is 0. The summed E-state index contributed by atoms with van der Waals surface area (Å²) in [4.78, 5) is 26.4. The van der Waals surface area contributed by atoms with Gasteiger partial charge < -0.3 is 10.2 Å². The van der Waals surface area contributed by atoms with E-state index in [0.717, 1.165) is 31.4 Å². The van der Waals surface area contributed by atoms with Gasteiger partial charge in [-0.3, -0.25) is 9.59 Å². The predicted octanol–water partition coefficient (Wildman–Crippen LogP) is 2.87. The maximum atomic E-state index is 13.2. The van der Waals surface area contributed by atoms with E-state index in [0.29, 0.717) is 19.5 Å². The largest absolute Gasteiger partial charge is 0.351 e. The first-order valence-corrected chi connectivity index (χ1v) is 8.25. The number of nitrogens with zero attached hydrogens (tertiary/aromatic N) is 1. The van der Waals surface area contributed by atoms with Crippen LogP contribution in [0.3, 0.4) is 0 Å². The van der Waals surface area contributed by atoms with Crippen LogP contribution in [0.1, 0.15) is 45.1 Å². The normalized spacial score (nSPS) is 21.1. The summed E-state index contributed by atoms with van der Waals surface area (Å²) in [6.45, 7) is 5.37. The van der Waals surface area contributed by atoms with E-state index < -0.39 is 5.41 Å². The molecule has 2 rings (SSSR count). The number of piperidine rings is 1. The fourth-order valence-electron chi connectivity index (χ4n) is 3.05. The van der Waals surface area contributed by atoms with Gasteiger partial charge in [0.1, 0.15) is 5.82 Å². The average molecular weight is 320 g/mol. The average Bonchev–Trinajstić information content (AvgIpc) is 2.53. The van der Waals surface area contributed by atoms with Crippen LogP contribution in [0.15, 0.2) is 24.3 Å². The molecule has 1 heterocycles. The quantitative estimate of drug-likeness (QED) is 0.907. The maximum Gasteiger partial charge on any atom is 0.227 e. The molecule has 0 saturated carbocycles. The van der Waals surface area contributed by atoms with Crippen molar-refractivity contribution in [3.05, 3.63) is 35.6 Å². The lowest BCUT2D eigenvalue weighted by Gasteiger charge is -2.39. The van der Waals surface area contributed by atoms with Crippen LogP contribution in [0.4, 0.5) is 4.39 Å². The van der Waals surface area contributed by atoms with E-state index in [1.54, 1.807) is 17.0 Å². The molecule has 1 fully saturated rings. The molecule has 0 aliphatic carbocycles. The van der Waals surface area contributed by atoms with Gasteiger partial charge in [-0.05, 0) is 43.9 Å².